The van der Waals surface area contributed by atoms with Crippen LogP contribution in [0.15, 0.2) is 65.5 Å². The van der Waals surface area contributed by atoms with Crippen LogP contribution in [-0.4, -0.2) is 91.2 Å². The molecule has 0 aliphatic carbocycles. The first kappa shape index (κ1) is 30.1. The van der Waals surface area contributed by atoms with E-state index < -0.39 is 5.69 Å². The minimum absolute atomic E-state index is 0.0376. The van der Waals surface area contributed by atoms with E-state index in [9.17, 15) is 14.7 Å². The zero-order valence-corrected chi connectivity index (χ0v) is 27.6. The zero-order chi connectivity index (χ0) is 33.3. The molecule has 250 valence electrons. The van der Waals surface area contributed by atoms with Crippen LogP contribution in [0.3, 0.4) is 0 Å². The van der Waals surface area contributed by atoms with Gasteiger partial charge in [0.05, 0.1) is 23.1 Å². The van der Waals surface area contributed by atoms with Crippen molar-refractivity contribution < 1.29 is 14.6 Å². The number of phenolic OH excluding ortho intramolecular Hbond substituents is 1. The fourth-order valence-electron chi connectivity index (χ4n) is 8.99. The largest absolute Gasteiger partial charge is 0.508 e. The van der Waals surface area contributed by atoms with Gasteiger partial charge in [0.2, 0.25) is 0 Å². The molecule has 0 radical (unpaired) electrons. The molecule has 9 rings (SSSR count). The van der Waals surface area contributed by atoms with Crippen LogP contribution in [0.5, 0.6) is 11.8 Å². The van der Waals surface area contributed by atoms with E-state index in [0.717, 1.165) is 77.4 Å². The lowest BCUT2D eigenvalue weighted by molar-refractivity contribution is 0.0634. The zero-order valence-electron chi connectivity index (χ0n) is 27.6. The Morgan fingerprint density at radius 2 is 1.73 bits per heavy atom. The number of nitrogens with one attached hydrogen (secondary N) is 1. The van der Waals surface area contributed by atoms with Crippen molar-refractivity contribution in [2.75, 3.05) is 37.7 Å². The van der Waals surface area contributed by atoms with Crippen LogP contribution in [0.4, 0.5) is 5.82 Å². The van der Waals surface area contributed by atoms with Crippen LogP contribution < -0.4 is 15.3 Å². The van der Waals surface area contributed by atoms with Crippen molar-refractivity contribution in [1.82, 2.24) is 29.7 Å². The Bertz CT molecular complexity index is 2160. The standard InChI is InChI=1S/C38H39N7O4/c1-23-16-33(40-36(48)39-23)35(47)45-26-9-10-27(45)21-43(20-26)34-30-11-8-25(31-19-28(46)17-24-6-2-3-7-29(24)31)18-32(30)41-37(42-34)49-22-38-12-4-14-44(38)15-5-13-38/h2-3,6-8,11,16-19,26-27,46H,4-5,9-10,12-15,20-22H2,1H3,(H,39,40,48). The van der Waals surface area contributed by atoms with Crippen molar-refractivity contribution in [2.24, 2.45) is 0 Å². The molecule has 2 atom stereocenters. The number of H-pyrrole nitrogens is 1. The first-order valence-corrected chi connectivity index (χ1v) is 17.4. The second-order valence-electron chi connectivity index (χ2n) is 14.2. The highest BCUT2D eigenvalue weighted by atomic mass is 16.5. The summed E-state index contributed by atoms with van der Waals surface area (Å²) < 4.78 is 6.54. The quantitative estimate of drug-likeness (QED) is 0.258. The number of hydrogen-bond acceptors (Lipinski definition) is 9. The number of piperazine rings is 1. The predicted octanol–water partition coefficient (Wildman–Crippen LogP) is 5.05. The second-order valence-corrected chi connectivity index (χ2v) is 14.2. The topological polar surface area (TPSA) is 128 Å². The Kier molecular flexibility index (Phi) is 7.08. The molecule has 1 amide bonds. The Labute approximate surface area is 283 Å². The average Bonchev–Trinajstić information content (AvgIpc) is 3.76. The number of rotatable bonds is 6. The van der Waals surface area contributed by atoms with Crippen LogP contribution >= 0.6 is 0 Å². The highest BCUT2D eigenvalue weighted by molar-refractivity contribution is 6.01. The smallest absolute Gasteiger partial charge is 0.345 e. The molecule has 3 aromatic carbocycles. The molecule has 11 heteroatoms. The number of carbonyl (C=O) groups is 1. The van der Waals surface area contributed by atoms with Crippen molar-refractivity contribution in [1.29, 1.82) is 0 Å². The van der Waals surface area contributed by atoms with Gasteiger partial charge in [0, 0.05) is 24.2 Å². The van der Waals surface area contributed by atoms with E-state index in [1.165, 1.54) is 12.8 Å². The van der Waals surface area contributed by atoms with Gasteiger partial charge < -0.3 is 24.6 Å². The van der Waals surface area contributed by atoms with Gasteiger partial charge in [0.25, 0.3) is 5.91 Å². The predicted molar refractivity (Wildman–Crippen MR) is 187 cm³/mol. The van der Waals surface area contributed by atoms with E-state index in [1.54, 1.807) is 19.1 Å². The Morgan fingerprint density at radius 1 is 0.959 bits per heavy atom. The van der Waals surface area contributed by atoms with Gasteiger partial charge >= 0.3 is 11.7 Å². The number of aromatic nitrogens is 4. The lowest BCUT2D eigenvalue weighted by Gasteiger charge is -2.41. The third kappa shape index (κ3) is 5.18. The molecule has 4 saturated heterocycles. The number of nitrogens with zero attached hydrogens (tertiary/aromatic N) is 6. The Balaban J connectivity index is 1.09. The third-order valence-electron chi connectivity index (χ3n) is 11.2. The van der Waals surface area contributed by atoms with E-state index in [2.05, 4.69) is 44.0 Å². The van der Waals surface area contributed by atoms with Crippen LogP contribution in [0.25, 0.3) is 32.8 Å². The van der Waals surface area contributed by atoms with Crippen molar-refractivity contribution in [3.8, 4) is 22.9 Å². The number of aromatic hydroxyl groups is 1. The van der Waals surface area contributed by atoms with Crippen LogP contribution in [0.1, 0.15) is 54.7 Å². The van der Waals surface area contributed by atoms with Crippen molar-refractivity contribution in [3.05, 3.63) is 82.5 Å². The second kappa shape index (κ2) is 11.5. The molecule has 2 N–H and O–H groups in total. The number of hydrogen-bond donors (Lipinski definition) is 2. The van der Waals surface area contributed by atoms with Gasteiger partial charge in [0.1, 0.15) is 23.9 Å². The molecule has 4 fully saturated rings. The van der Waals surface area contributed by atoms with Crippen LogP contribution in [0.2, 0.25) is 0 Å². The SMILES string of the molecule is Cc1cc(C(=O)N2C3CCC2CN(c2nc(OCC45CCCN4CCC5)nc4cc(-c5cc(O)cc6ccccc56)ccc24)C3)nc(=O)[nH]1. The monoisotopic (exact) mass is 657 g/mol. The number of aromatic amines is 1. The first-order chi connectivity index (χ1) is 23.8. The number of aryl methyl sites for hydroxylation is 1. The molecule has 0 spiro atoms. The van der Waals surface area contributed by atoms with E-state index >= 15 is 0 Å². The molecule has 4 aliphatic heterocycles. The third-order valence-corrected chi connectivity index (χ3v) is 11.2. The van der Waals surface area contributed by atoms with E-state index in [0.29, 0.717) is 31.4 Å². The molecule has 5 aromatic rings. The highest BCUT2D eigenvalue weighted by Crippen LogP contribution is 2.41. The minimum Gasteiger partial charge on any atom is -0.508 e. The van der Waals surface area contributed by atoms with Crippen molar-refractivity contribution in [2.45, 2.75) is 63.1 Å². The lowest BCUT2D eigenvalue weighted by Crippen LogP contribution is -2.56. The fourth-order valence-corrected chi connectivity index (χ4v) is 8.99. The molecule has 4 aliphatic rings. The summed E-state index contributed by atoms with van der Waals surface area (Å²) in [7, 11) is 0. The summed E-state index contributed by atoms with van der Waals surface area (Å²) in [5.74, 6) is 0.818. The summed E-state index contributed by atoms with van der Waals surface area (Å²) in [5.41, 5.74) is 3.00. The van der Waals surface area contributed by atoms with Crippen LogP contribution in [-0.2, 0) is 0 Å². The molecule has 11 nitrogen and oxygen atoms in total. The van der Waals surface area contributed by atoms with Gasteiger partial charge in [-0.05, 0) is 111 Å². The molecule has 0 saturated carbocycles. The number of fused-ring (bicyclic) bond motifs is 5. The van der Waals surface area contributed by atoms with Crippen molar-refractivity contribution >= 4 is 33.4 Å². The Morgan fingerprint density at radius 3 is 2.51 bits per heavy atom. The van der Waals surface area contributed by atoms with Gasteiger partial charge in [-0.3, -0.25) is 9.69 Å². The normalized spacial score (nSPS) is 21.5. The number of amides is 1. The molecule has 49 heavy (non-hydrogen) atoms. The van der Waals surface area contributed by atoms with E-state index in [4.69, 9.17) is 14.7 Å². The number of ether oxygens (including phenoxy) is 1. The van der Waals surface area contributed by atoms with Gasteiger partial charge in [-0.25, -0.2) is 4.79 Å². The van der Waals surface area contributed by atoms with Crippen LogP contribution in [0, 0.1) is 6.92 Å². The van der Waals surface area contributed by atoms with Gasteiger partial charge in [-0.15, -0.1) is 0 Å². The Hall–Kier alpha value is -5.03. The molecular formula is C38H39N7O4. The van der Waals surface area contributed by atoms with Gasteiger partial charge in [-0.1, -0.05) is 30.3 Å². The summed E-state index contributed by atoms with van der Waals surface area (Å²) >= 11 is 0. The van der Waals surface area contributed by atoms with Gasteiger partial charge in [-0.2, -0.15) is 15.0 Å². The molecule has 6 heterocycles. The summed E-state index contributed by atoms with van der Waals surface area (Å²) in [6.07, 6.45) is 6.37. The summed E-state index contributed by atoms with van der Waals surface area (Å²) in [5, 5.41) is 13.5. The molecule has 2 aromatic heterocycles. The maximum Gasteiger partial charge on any atom is 0.345 e. The lowest BCUT2D eigenvalue weighted by atomic mass is 9.95. The summed E-state index contributed by atoms with van der Waals surface area (Å²) in [6.45, 7) is 5.76. The summed E-state index contributed by atoms with van der Waals surface area (Å²) in [6, 6.07) is 19.8. The number of anilines is 1. The maximum atomic E-state index is 13.7. The number of phenols is 1. The maximum absolute atomic E-state index is 13.7. The summed E-state index contributed by atoms with van der Waals surface area (Å²) in [4.78, 5) is 49.3. The molecule has 2 bridgehead atoms. The van der Waals surface area contributed by atoms with Crippen molar-refractivity contribution in [3.63, 3.8) is 0 Å². The molecule has 2 unspecified atom stereocenters. The highest BCUT2D eigenvalue weighted by Gasteiger charge is 2.46. The average molecular weight is 658 g/mol. The van der Waals surface area contributed by atoms with Gasteiger partial charge in [0.15, 0.2) is 0 Å². The van der Waals surface area contributed by atoms with E-state index in [-0.39, 0.29) is 35.0 Å². The fraction of sp³-hybridized carbons (Fsp3) is 0.395. The number of benzene rings is 3. The molecular weight excluding hydrogens is 618 g/mol. The van der Waals surface area contributed by atoms with E-state index in [1.807, 2.05) is 29.2 Å². The number of carbonyl (C=O) groups excluding carboxylic acids is 1. The first-order valence-electron chi connectivity index (χ1n) is 17.4. The minimum atomic E-state index is -0.509.